The van der Waals surface area contributed by atoms with Crippen molar-refractivity contribution in [3.8, 4) is 0 Å². The van der Waals surface area contributed by atoms with Crippen LogP contribution in [0.4, 0.5) is 0 Å². The van der Waals surface area contributed by atoms with Crippen LogP contribution < -0.4 is 0 Å². The van der Waals surface area contributed by atoms with Crippen LogP contribution in [0.1, 0.15) is 335 Å². The summed E-state index contributed by atoms with van der Waals surface area (Å²) < 4.78 is 34.8. The third-order valence-corrected chi connectivity index (χ3v) is 17.8. The number of ether oxygens (including phenoxy) is 2. The number of likely N-dealkylation sites (N-methyl/N-ethyl adjacent to an activating group) is 1. The molecule has 0 aliphatic rings. The van der Waals surface area contributed by atoms with Gasteiger partial charge >= 0.3 is 19.8 Å². The molecule has 550 valence electrons. The average Bonchev–Trinajstić information content (AvgIpc) is 2.72. The minimum absolute atomic E-state index is 0.0282. The van der Waals surface area contributed by atoms with Crippen LogP contribution in [0.5, 0.6) is 0 Å². The zero-order chi connectivity index (χ0) is 69.7. The van der Waals surface area contributed by atoms with E-state index in [1.165, 1.54) is 186 Å². The molecule has 0 bridgehead atoms. The Kier molecular flexibility index (Phi) is 71.9. The van der Waals surface area contributed by atoms with Crippen molar-refractivity contribution < 1.29 is 42.1 Å². The molecular weight excluding hydrogens is 1210 g/mol. The summed E-state index contributed by atoms with van der Waals surface area (Å²) in [6.45, 7) is 4.23. The Morgan fingerprint density at radius 3 is 0.833 bits per heavy atom. The maximum Gasteiger partial charge on any atom is 0.472 e. The first-order valence-electron chi connectivity index (χ1n) is 39.6. The molecule has 0 aliphatic heterocycles. The van der Waals surface area contributed by atoms with Gasteiger partial charge < -0.3 is 18.9 Å². The minimum atomic E-state index is -4.40. The van der Waals surface area contributed by atoms with E-state index in [-0.39, 0.29) is 32.0 Å². The molecule has 10 heteroatoms. The SMILES string of the molecule is CC/C=C\C/C=C\C/C=C\C/C=C\C/C=C\C/C=C\C/C=C\CCCCCCCCCCCCCCCCCC(=O)OC(COC(=O)CCCCCCCCCCCCCCCCCCCCC/C=C\C/C=C\C/C=C\C/C=C\C/C=C\CC)COP(=O)(O)OCC[N+](C)(C)C. The van der Waals surface area contributed by atoms with Crippen LogP contribution in [-0.2, 0) is 32.7 Å². The minimum Gasteiger partial charge on any atom is -0.462 e. The maximum absolute atomic E-state index is 12.9. The van der Waals surface area contributed by atoms with Crippen LogP contribution in [0.2, 0.25) is 0 Å². The fourth-order valence-electron chi connectivity index (χ4n) is 10.9. The molecule has 0 saturated carbocycles. The molecule has 0 fully saturated rings. The number of quaternary nitrogens is 1. The van der Waals surface area contributed by atoms with E-state index < -0.39 is 26.5 Å². The standard InChI is InChI=1S/C86H148NO8P/c1-6-8-10-12-14-16-18-20-22-24-26-28-30-32-34-36-38-40-42-43-45-47-49-51-53-55-57-59-61-63-65-67-69-71-73-75-77-79-86(89)95-84(83-94-96(90,91)93-81-80-87(3,4)5)82-92-85(88)78-76-74-72-70-68-66-64-62-60-58-56-54-52-50-48-46-44-41-39-37-35-33-31-29-27-25-23-21-19-17-15-13-11-9-7-2/h8-11,14-17,20-23,26-29,32-35,38,40,43,45,84H,6-7,12-13,18-19,24-25,30-31,36-37,39,41-42,44,46-83H2,1-5H3/p+1/b10-8-,11-9-,16-14-,17-15-,22-20-,23-21-,28-26-,29-27-,34-32-,35-33-,40-38-,45-43-. The first kappa shape index (κ1) is 91.9. The number of unbranched alkanes of at least 4 members (excludes halogenated alkanes) is 34. The smallest absolute Gasteiger partial charge is 0.462 e. The number of allylic oxidation sites excluding steroid dienone is 24. The van der Waals surface area contributed by atoms with Crippen LogP contribution in [0.15, 0.2) is 146 Å². The van der Waals surface area contributed by atoms with E-state index in [9.17, 15) is 19.0 Å². The van der Waals surface area contributed by atoms with Gasteiger partial charge in [0.25, 0.3) is 0 Å². The lowest BCUT2D eigenvalue weighted by atomic mass is 10.0. The molecule has 0 spiro atoms. The van der Waals surface area contributed by atoms with Crippen LogP contribution in [0, 0.1) is 0 Å². The van der Waals surface area contributed by atoms with E-state index >= 15 is 0 Å². The van der Waals surface area contributed by atoms with Crippen LogP contribution in [-0.4, -0.2) is 74.9 Å². The maximum atomic E-state index is 12.9. The van der Waals surface area contributed by atoms with E-state index in [0.29, 0.717) is 17.4 Å². The predicted octanol–water partition coefficient (Wildman–Crippen LogP) is 26.5. The van der Waals surface area contributed by atoms with Crippen molar-refractivity contribution in [1.82, 2.24) is 0 Å². The Morgan fingerprint density at radius 1 is 0.323 bits per heavy atom. The summed E-state index contributed by atoms with van der Waals surface area (Å²) >= 11 is 0. The number of phosphoric ester groups is 1. The van der Waals surface area contributed by atoms with Gasteiger partial charge in [-0.15, -0.1) is 0 Å². The van der Waals surface area contributed by atoms with E-state index in [1.807, 2.05) is 21.1 Å². The van der Waals surface area contributed by atoms with Gasteiger partial charge in [-0.1, -0.05) is 352 Å². The number of hydrogen-bond donors (Lipinski definition) is 1. The molecule has 0 heterocycles. The van der Waals surface area contributed by atoms with Crippen molar-refractivity contribution in [3.63, 3.8) is 0 Å². The molecular formula is C86H149NO8P+. The van der Waals surface area contributed by atoms with Gasteiger partial charge in [-0.3, -0.25) is 18.6 Å². The van der Waals surface area contributed by atoms with Gasteiger partial charge in [-0.2, -0.15) is 0 Å². The first-order chi connectivity index (χ1) is 47.0. The molecule has 0 amide bonds. The Bertz CT molecular complexity index is 2140. The van der Waals surface area contributed by atoms with Crippen LogP contribution in [0.25, 0.3) is 0 Å². The summed E-state index contributed by atoms with van der Waals surface area (Å²) in [6.07, 6.45) is 111. The topological polar surface area (TPSA) is 108 Å². The summed E-state index contributed by atoms with van der Waals surface area (Å²) in [5, 5.41) is 0. The number of carbonyl (C=O) groups is 2. The van der Waals surface area contributed by atoms with Gasteiger partial charge in [-0.05, 0) is 116 Å². The van der Waals surface area contributed by atoms with Crippen molar-refractivity contribution in [1.29, 1.82) is 0 Å². The molecule has 0 aliphatic carbocycles. The van der Waals surface area contributed by atoms with Crippen LogP contribution in [0.3, 0.4) is 0 Å². The Labute approximate surface area is 593 Å². The number of nitrogens with zero attached hydrogens (tertiary/aromatic N) is 1. The van der Waals surface area contributed by atoms with Gasteiger partial charge in [0.2, 0.25) is 0 Å². The predicted molar refractivity (Wildman–Crippen MR) is 417 cm³/mol. The number of hydrogen-bond acceptors (Lipinski definition) is 7. The zero-order valence-corrected chi connectivity index (χ0v) is 63.7. The van der Waals surface area contributed by atoms with Gasteiger partial charge in [0, 0.05) is 12.8 Å². The lowest BCUT2D eigenvalue weighted by Gasteiger charge is -2.24. The molecule has 2 unspecified atom stereocenters. The van der Waals surface area contributed by atoms with Crippen molar-refractivity contribution >= 4 is 19.8 Å². The molecule has 1 N–H and O–H groups in total. The number of carbonyl (C=O) groups excluding carboxylic acids is 2. The monoisotopic (exact) mass is 1360 g/mol. The second-order valence-corrected chi connectivity index (χ2v) is 28.8. The highest BCUT2D eigenvalue weighted by molar-refractivity contribution is 7.47. The summed E-state index contributed by atoms with van der Waals surface area (Å²) in [4.78, 5) is 36.0. The molecule has 0 saturated heterocycles. The van der Waals surface area contributed by atoms with Crippen molar-refractivity contribution in [3.05, 3.63) is 146 Å². The fourth-order valence-corrected chi connectivity index (χ4v) is 11.7. The molecule has 0 aromatic heterocycles. The molecule has 0 rings (SSSR count). The van der Waals surface area contributed by atoms with E-state index in [4.69, 9.17) is 18.5 Å². The molecule has 2 atom stereocenters. The van der Waals surface area contributed by atoms with E-state index in [0.717, 1.165) is 116 Å². The largest absolute Gasteiger partial charge is 0.472 e. The van der Waals surface area contributed by atoms with Gasteiger partial charge in [0.1, 0.15) is 19.8 Å². The number of rotatable bonds is 72. The van der Waals surface area contributed by atoms with Crippen LogP contribution >= 0.6 is 7.82 Å². The molecule has 9 nitrogen and oxygen atoms in total. The second-order valence-electron chi connectivity index (χ2n) is 27.3. The Balaban J connectivity index is 3.99. The second kappa shape index (κ2) is 75.1. The third-order valence-electron chi connectivity index (χ3n) is 16.9. The normalized spacial score (nSPS) is 13.9. The van der Waals surface area contributed by atoms with E-state index in [2.05, 4.69) is 160 Å². The average molecular weight is 1360 g/mol. The Morgan fingerprint density at radius 2 is 0.562 bits per heavy atom. The Hall–Kier alpha value is -4.11. The van der Waals surface area contributed by atoms with Gasteiger partial charge in [0.15, 0.2) is 6.10 Å². The zero-order valence-electron chi connectivity index (χ0n) is 62.8. The molecule has 96 heavy (non-hydrogen) atoms. The summed E-state index contributed by atoms with van der Waals surface area (Å²) in [5.74, 6) is -0.790. The van der Waals surface area contributed by atoms with Crippen molar-refractivity contribution in [2.24, 2.45) is 0 Å². The van der Waals surface area contributed by atoms with Crippen molar-refractivity contribution in [2.45, 2.75) is 341 Å². The van der Waals surface area contributed by atoms with Gasteiger partial charge in [0.05, 0.1) is 27.7 Å². The third kappa shape index (κ3) is 78.9. The highest BCUT2D eigenvalue weighted by Gasteiger charge is 2.27. The van der Waals surface area contributed by atoms with E-state index in [1.54, 1.807) is 0 Å². The highest BCUT2D eigenvalue weighted by Crippen LogP contribution is 2.43. The molecule has 0 radical (unpaired) electrons. The quantitative estimate of drug-likeness (QED) is 0.0211. The summed E-state index contributed by atoms with van der Waals surface area (Å²) in [6, 6.07) is 0. The summed E-state index contributed by atoms with van der Waals surface area (Å²) in [7, 11) is 1.48. The lowest BCUT2D eigenvalue weighted by molar-refractivity contribution is -0.870. The molecule has 0 aromatic carbocycles. The number of phosphoric acid groups is 1. The van der Waals surface area contributed by atoms with Gasteiger partial charge in [-0.25, -0.2) is 4.57 Å². The number of esters is 2. The lowest BCUT2D eigenvalue weighted by Crippen LogP contribution is -2.37. The van der Waals surface area contributed by atoms with Crippen molar-refractivity contribution in [2.75, 3.05) is 47.5 Å². The highest BCUT2D eigenvalue weighted by atomic mass is 31.2. The summed E-state index contributed by atoms with van der Waals surface area (Å²) in [5.41, 5.74) is 0. The first-order valence-corrected chi connectivity index (χ1v) is 41.1. The fraction of sp³-hybridized carbons (Fsp3) is 0.698. The molecule has 0 aromatic rings.